The molecule has 3 rings (SSSR count). The van der Waals surface area contributed by atoms with Crippen molar-refractivity contribution in [3.63, 3.8) is 0 Å². The summed E-state index contributed by atoms with van der Waals surface area (Å²) in [4.78, 5) is 1.28. The fourth-order valence-electron chi connectivity index (χ4n) is 2.37. The van der Waals surface area contributed by atoms with Gasteiger partial charge in [-0.05, 0) is 38.4 Å². The van der Waals surface area contributed by atoms with Crippen LogP contribution in [-0.2, 0) is 0 Å². The predicted molar refractivity (Wildman–Crippen MR) is 88.2 cm³/mol. The number of thiophene rings is 2. The lowest BCUT2D eigenvalue weighted by atomic mass is 10.1. The number of hydrogen-bond donors (Lipinski definition) is 1. The van der Waals surface area contributed by atoms with Crippen LogP contribution >= 0.6 is 34.3 Å². The third-order valence-electron chi connectivity index (χ3n) is 3.28. The van der Waals surface area contributed by atoms with E-state index in [1.165, 1.54) is 14.3 Å². The highest BCUT2D eigenvalue weighted by molar-refractivity contribution is 7.27. The van der Waals surface area contributed by atoms with Crippen molar-refractivity contribution in [1.82, 2.24) is 15.1 Å². The van der Waals surface area contributed by atoms with Gasteiger partial charge < -0.3 is 5.32 Å². The second kappa shape index (κ2) is 5.48. The summed E-state index contributed by atoms with van der Waals surface area (Å²) in [5, 5.41) is 10.6. The molecule has 0 amide bonds. The molecule has 1 unspecified atom stereocenters. The Bertz CT molecular complexity index is 697. The molecule has 0 spiro atoms. The van der Waals surface area contributed by atoms with Gasteiger partial charge in [0, 0.05) is 20.3 Å². The van der Waals surface area contributed by atoms with Gasteiger partial charge in [0.2, 0.25) is 0 Å². The Kier molecular flexibility index (Phi) is 3.86. The molecule has 3 nitrogen and oxygen atoms in total. The summed E-state index contributed by atoms with van der Waals surface area (Å²) in [6.45, 7) is 4.24. The number of fused-ring (bicyclic) bond motifs is 1. The highest BCUT2D eigenvalue weighted by atomic mass is 35.5. The predicted octanol–water partition coefficient (Wildman–Crippen LogP) is 4.70. The van der Waals surface area contributed by atoms with Crippen molar-refractivity contribution in [2.45, 2.75) is 25.9 Å². The molecular weight excluding hydrogens is 310 g/mol. The zero-order chi connectivity index (χ0) is 14.3. The number of nitrogens with zero attached hydrogens (tertiary/aromatic N) is 2. The zero-order valence-electron chi connectivity index (χ0n) is 11.6. The van der Waals surface area contributed by atoms with E-state index in [4.69, 9.17) is 11.6 Å². The van der Waals surface area contributed by atoms with Crippen LogP contribution in [0, 0.1) is 0 Å². The van der Waals surface area contributed by atoms with Crippen molar-refractivity contribution < 1.29 is 0 Å². The number of rotatable bonds is 4. The highest BCUT2D eigenvalue weighted by Gasteiger charge is 2.23. The molecule has 3 heterocycles. The Balaban J connectivity index is 2.10. The van der Waals surface area contributed by atoms with Gasteiger partial charge in [-0.1, -0.05) is 11.6 Å². The molecule has 0 bridgehead atoms. The van der Waals surface area contributed by atoms with E-state index in [0.717, 1.165) is 10.7 Å². The molecule has 1 atom stereocenters. The summed E-state index contributed by atoms with van der Waals surface area (Å²) in [5.41, 5.74) is 1.04. The molecule has 0 aliphatic rings. The molecule has 106 valence electrons. The summed E-state index contributed by atoms with van der Waals surface area (Å²) in [5.74, 6) is 0. The average molecular weight is 326 g/mol. The Labute approximate surface area is 131 Å². The lowest BCUT2D eigenvalue weighted by molar-refractivity contribution is 0.486. The molecule has 20 heavy (non-hydrogen) atoms. The first-order valence-electron chi connectivity index (χ1n) is 6.49. The largest absolute Gasteiger partial charge is 0.307 e. The van der Waals surface area contributed by atoms with Crippen LogP contribution < -0.4 is 5.32 Å². The number of aromatic nitrogens is 2. The van der Waals surface area contributed by atoms with Gasteiger partial charge in [0.05, 0.1) is 23.0 Å². The summed E-state index contributed by atoms with van der Waals surface area (Å²) < 4.78 is 4.66. The maximum atomic E-state index is 6.37. The topological polar surface area (TPSA) is 29.9 Å². The summed E-state index contributed by atoms with van der Waals surface area (Å²) in [6, 6.07) is 4.79. The van der Waals surface area contributed by atoms with Gasteiger partial charge in [-0.3, -0.25) is 4.68 Å². The van der Waals surface area contributed by atoms with E-state index >= 15 is 0 Å². The van der Waals surface area contributed by atoms with Crippen LogP contribution in [0.15, 0.2) is 23.7 Å². The lowest BCUT2D eigenvalue weighted by Gasteiger charge is -2.19. The normalized spacial score (nSPS) is 13.4. The molecule has 3 aromatic rings. The van der Waals surface area contributed by atoms with Crippen LogP contribution in [0.2, 0.25) is 5.02 Å². The molecule has 1 N–H and O–H groups in total. The molecule has 0 aliphatic carbocycles. The number of halogens is 1. The van der Waals surface area contributed by atoms with Gasteiger partial charge in [-0.2, -0.15) is 5.10 Å². The third kappa shape index (κ3) is 2.29. The number of nitrogens with one attached hydrogen (secondary N) is 1. The lowest BCUT2D eigenvalue weighted by Crippen LogP contribution is -2.22. The van der Waals surface area contributed by atoms with E-state index in [-0.39, 0.29) is 12.1 Å². The molecule has 0 radical (unpaired) electrons. The third-order valence-corrected chi connectivity index (χ3v) is 5.73. The van der Waals surface area contributed by atoms with Crippen molar-refractivity contribution in [3.05, 3.63) is 39.3 Å². The van der Waals surface area contributed by atoms with Crippen molar-refractivity contribution >= 4 is 43.7 Å². The van der Waals surface area contributed by atoms with Gasteiger partial charge in [0.1, 0.15) is 0 Å². The van der Waals surface area contributed by atoms with Crippen LogP contribution in [0.4, 0.5) is 0 Å². The smallest absolute Gasteiger partial charge is 0.0855 e. The first-order valence-corrected chi connectivity index (χ1v) is 8.56. The molecule has 0 aromatic carbocycles. The van der Waals surface area contributed by atoms with Gasteiger partial charge in [0.15, 0.2) is 0 Å². The van der Waals surface area contributed by atoms with Crippen LogP contribution in [0.3, 0.4) is 0 Å². The monoisotopic (exact) mass is 325 g/mol. The van der Waals surface area contributed by atoms with Crippen LogP contribution in [0.5, 0.6) is 0 Å². The van der Waals surface area contributed by atoms with Crippen LogP contribution in [-0.4, -0.2) is 16.8 Å². The van der Waals surface area contributed by atoms with Crippen molar-refractivity contribution in [1.29, 1.82) is 0 Å². The summed E-state index contributed by atoms with van der Waals surface area (Å²) in [7, 11) is 1.96. The number of hydrogen-bond acceptors (Lipinski definition) is 4. The minimum Gasteiger partial charge on any atom is -0.307 e. The van der Waals surface area contributed by atoms with E-state index in [0.29, 0.717) is 0 Å². The molecule has 0 saturated heterocycles. The van der Waals surface area contributed by atoms with Gasteiger partial charge >= 0.3 is 0 Å². The fraction of sp³-hybridized carbons (Fsp3) is 0.357. The van der Waals surface area contributed by atoms with Crippen molar-refractivity contribution in [2.75, 3.05) is 7.05 Å². The highest BCUT2D eigenvalue weighted by Crippen LogP contribution is 2.38. The molecule has 6 heteroatoms. The first-order chi connectivity index (χ1) is 9.61. The second-order valence-electron chi connectivity index (χ2n) is 4.94. The Morgan fingerprint density at radius 1 is 1.35 bits per heavy atom. The fourth-order valence-corrected chi connectivity index (χ4v) is 4.85. The Hall–Kier alpha value is -0.880. The van der Waals surface area contributed by atoms with Gasteiger partial charge in [-0.15, -0.1) is 22.7 Å². The summed E-state index contributed by atoms with van der Waals surface area (Å²) in [6.07, 6.45) is 1.73. The molecule has 3 aromatic heterocycles. The van der Waals surface area contributed by atoms with Crippen molar-refractivity contribution in [2.24, 2.45) is 0 Å². The van der Waals surface area contributed by atoms with Crippen LogP contribution in [0.1, 0.15) is 36.5 Å². The zero-order valence-corrected chi connectivity index (χ0v) is 13.9. The van der Waals surface area contributed by atoms with Crippen LogP contribution in [0.25, 0.3) is 9.40 Å². The van der Waals surface area contributed by atoms with Crippen molar-refractivity contribution in [3.8, 4) is 0 Å². The van der Waals surface area contributed by atoms with E-state index in [1.54, 1.807) is 17.5 Å². The Morgan fingerprint density at radius 3 is 2.80 bits per heavy atom. The standard InChI is InChI=1S/C14H16ClN3S2/c1-8(2)18-14(9(15)7-17-18)13(16-3)12-6-11-10(20-12)4-5-19-11/h4-8,13,16H,1-3H3. The van der Waals surface area contributed by atoms with E-state index in [9.17, 15) is 0 Å². The van der Waals surface area contributed by atoms with E-state index in [1.807, 2.05) is 23.1 Å². The quantitative estimate of drug-likeness (QED) is 0.753. The average Bonchev–Trinajstić information content (AvgIpc) is 3.05. The van der Waals surface area contributed by atoms with Gasteiger partial charge in [-0.25, -0.2) is 0 Å². The second-order valence-corrected chi connectivity index (χ2v) is 7.41. The molecule has 0 aliphatic heterocycles. The minimum absolute atomic E-state index is 0.0806. The van der Waals surface area contributed by atoms with E-state index in [2.05, 4.69) is 41.8 Å². The summed E-state index contributed by atoms with van der Waals surface area (Å²) >= 11 is 9.96. The van der Waals surface area contributed by atoms with Gasteiger partial charge in [0.25, 0.3) is 0 Å². The molecule has 0 fully saturated rings. The maximum absolute atomic E-state index is 6.37. The molecular formula is C14H16ClN3S2. The molecule has 0 saturated carbocycles. The first kappa shape index (κ1) is 14.1. The Morgan fingerprint density at radius 2 is 2.15 bits per heavy atom. The maximum Gasteiger partial charge on any atom is 0.0855 e. The SMILES string of the molecule is CNC(c1cc2sccc2s1)c1c(Cl)cnn1C(C)C. The minimum atomic E-state index is 0.0806. The van der Waals surface area contributed by atoms with E-state index < -0.39 is 0 Å².